The van der Waals surface area contributed by atoms with E-state index in [2.05, 4.69) is 20.5 Å². The van der Waals surface area contributed by atoms with E-state index in [0.29, 0.717) is 29.6 Å². The minimum absolute atomic E-state index is 0.175. The summed E-state index contributed by atoms with van der Waals surface area (Å²) in [4.78, 5) is 16.6. The van der Waals surface area contributed by atoms with Crippen molar-refractivity contribution < 1.29 is 9.53 Å². The third kappa shape index (κ3) is 3.83. The molecule has 0 aliphatic rings. The lowest BCUT2D eigenvalue weighted by Gasteiger charge is -2.15. The molecule has 1 N–H and O–H groups in total. The molecule has 1 atom stereocenters. The minimum Gasteiger partial charge on any atom is -0.383 e. The molecule has 118 valence electrons. The van der Waals surface area contributed by atoms with Gasteiger partial charge in [0.25, 0.3) is 5.91 Å². The van der Waals surface area contributed by atoms with Crippen molar-refractivity contribution in [1.82, 2.24) is 25.1 Å². The van der Waals surface area contributed by atoms with Crippen LogP contribution < -0.4 is 5.32 Å². The van der Waals surface area contributed by atoms with E-state index in [4.69, 9.17) is 4.74 Å². The highest BCUT2D eigenvalue weighted by Crippen LogP contribution is 2.18. The Labute approximate surface area is 133 Å². The third-order valence-corrected chi connectivity index (χ3v) is 3.84. The second kappa shape index (κ2) is 7.90. The van der Waals surface area contributed by atoms with Crippen LogP contribution in [0.4, 0.5) is 0 Å². The Morgan fingerprint density at radius 3 is 3.09 bits per heavy atom. The summed E-state index contributed by atoms with van der Waals surface area (Å²) >= 11 is 1.44. The number of rotatable bonds is 7. The molecule has 0 bridgehead atoms. The number of amides is 1. The van der Waals surface area contributed by atoms with Crippen molar-refractivity contribution in [2.75, 3.05) is 20.0 Å². The van der Waals surface area contributed by atoms with Gasteiger partial charge in [0.05, 0.1) is 18.2 Å². The van der Waals surface area contributed by atoms with Crippen LogP contribution in [0.3, 0.4) is 0 Å². The van der Waals surface area contributed by atoms with Crippen molar-refractivity contribution in [3.8, 4) is 0 Å². The van der Waals surface area contributed by atoms with Crippen LogP contribution in [0.15, 0.2) is 29.7 Å². The Morgan fingerprint density at radius 1 is 1.55 bits per heavy atom. The molecule has 7 nitrogen and oxygen atoms in total. The molecule has 1 amide bonds. The topological polar surface area (TPSA) is 81.9 Å². The number of thioether (sulfide) groups is 1. The molecule has 0 saturated heterocycles. The molecule has 2 heterocycles. The highest BCUT2D eigenvalue weighted by Gasteiger charge is 2.18. The van der Waals surface area contributed by atoms with Gasteiger partial charge in [0.2, 0.25) is 0 Å². The minimum atomic E-state index is -0.262. The van der Waals surface area contributed by atoms with Gasteiger partial charge in [0.15, 0.2) is 5.82 Å². The van der Waals surface area contributed by atoms with Gasteiger partial charge in [-0.25, -0.2) is 4.98 Å². The Bertz CT molecular complexity index is 631. The highest BCUT2D eigenvalue weighted by atomic mass is 32.2. The average molecular weight is 321 g/mol. The van der Waals surface area contributed by atoms with E-state index in [1.54, 1.807) is 31.8 Å². The van der Waals surface area contributed by atoms with E-state index in [-0.39, 0.29) is 11.9 Å². The van der Waals surface area contributed by atoms with Gasteiger partial charge in [-0.15, -0.1) is 22.0 Å². The van der Waals surface area contributed by atoms with E-state index in [1.165, 1.54) is 11.8 Å². The van der Waals surface area contributed by atoms with Crippen molar-refractivity contribution in [3.63, 3.8) is 0 Å². The standard InChI is InChI=1S/C14H19N5O2S/c1-10(12-18-16-9-19(12)7-8-21-2)17-13(20)11-5-4-6-15-14(11)22-3/h4-6,9-10H,7-8H2,1-3H3,(H,17,20)/t10-/m0/s1. The first-order valence-electron chi connectivity index (χ1n) is 6.84. The van der Waals surface area contributed by atoms with Gasteiger partial charge in [-0.1, -0.05) is 0 Å². The van der Waals surface area contributed by atoms with Crippen LogP contribution in [0.25, 0.3) is 0 Å². The SMILES string of the molecule is COCCn1cnnc1[C@H](C)NC(=O)c1cccnc1SC. The molecule has 0 radical (unpaired) electrons. The molecule has 22 heavy (non-hydrogen) atoms. The predicted molar refractivity (Wildman–Crippen MR) is 83.8 cm³/mol. The molecule has 0 saturated carbocycles. The number of carbonyl (C=O) groups is 1. The summed E-state index contributed by atoms with van der Waals surface area (Å²) in [5.74, 6) is 0.520. The summed E-state index contributed by atoms with van der Waals surface area (Å²) in [6.45, 7) is 3.08. The summed E-state index contributed by atoms with van der Waals surface area (Å²) in [6, 6.07) is 3.25. The molecule has 0 aliphatic carbocycles. The highest BCUT2D eigenvalue weighted by molar-refractivity contribution is 7.98. The Morgan fingerprint density at radius 2 is 2.36 bits per heavy atom. The molecular formula is C14H19N5O2S. The average Bonchev–Trinajstić information content (AvgIpc) is 3.01. The largest absolute Gasteiger partial charge is 0.383 e. The monoisotopic (exact) mass is 321 g/mol. The van der Waals surface area contributed by atoms with Crippen LogP contribution in [0.5, 0.6) is 0 Å². The first-order valence-corrected chi connectivity index (χ1v) is 8.06. The van der Waals surface area contributed by atoms with Crippen molar-refractivity contribution in [2.24, 2.45) is 0 Å². The Balaban J connectivity index is 2.10. The fourth-order valence-electron chi connectivity index (χ4n) is 2.03. The molecule has 0 fully saturated rings. The van der Waals surface area contributed by atoms with E-state index in [9.17, 15) is 4.79 Å². The fourth-order valence-corrected chi connectivity index (χ4v) is 2.57. The zero-order valence-electron chi connectivity index (χ0n) is 12.8. The molecule has 2 rings (SSSR count). The van der Waals surface area contributed by atoms with Crippen molar-refractivity contribution in [3.05, 3.63) is 36.0 Å². The lowest BCUT2D eigenvalue weighted by molar-refractivity contribution is 0.0933. The molecule has 2 aromatic rings. The molecule has 8 heteroatoms. The summed E-state index contributed by atoms with van der Waals surface area (Å²) in [5, 5.41) is 11.6. The second-order valence-electron chi connectivity index (χ2n) is 4.63. The molecule has 2 aromatic heterocycles. The van der Waals surface area contributed by atoms with Gasteiger partial charge in [-0.05, 0) is 25.3 Å². The number of methoxy groups -OCH3 is 1. The molecular weight excluding hydrogens is 302 g/mol. The van der Waals surface area contributed by atoms with E-state index < -0.39 is 0 Å². The number of aromatic nitrogens is 4. The summed E-state index contributed by atoms with van der Waals surface area (Å²) in [6.07, 6.45) is 5.20. The number of nitrogens with zero attached hydrogens (tertiary/aromatic N) is 4. The number of carbonyl (C=O) groups excluding carboxylic acids is 1. The smallest absolute Gasteiger partial charge is 0.254 e. The summed E-state index contributed by atoms with van der Waals surface area (Å²) in [5.41, 5.74) is 0.560. The van der Waals surface area contributed by atoms with E-state index in [1.807, 2.05) is 17.7 Å². The maximum absolute atomic E-state index is 12.4. The Kier molecular flexibility index (Phi) is 5.91. The van der Waals surface area contributed by atoms with Gasteiger partial charge in [-0.2, -0.15) is 0 Å². The van der Waals surface area contributed by atoms with Crippen LogP contribution in [0.1, 0.15) is 29.1 Å². The zero-order valence-corrected chi connectivity index (χ0v) is 13.6. The summed E-state index contributed by atoms with van der Waals surface area (Å²) < 4.78 is 6.92. The van der Waals surface area contributed by atoms with Gasteiger partial charge in [0, 0.05) is 19.9 Å². The van der Waals surface area contributed by atoms with Crippen LogP contribution in [-0.2, 0) is 11.3 Å². The zero-order chi connectivity index (χ0) is 15.9. The van der Waals surface area contributed by atoms with Gasteiger partial charge >= 0.3 is 0 Å². The second-order valence-corrected chi connectivity index (χ2v) is 5.43. The Hall–Kier alpha value is -1.93. The van der Waals surface area contributed by atoms with E-state index >= 15 is 0 Å². The quantitative estimate of drug-likeness (QED) is 0.779. The number of nitrogens with one attached hydrogen (secondary N) is 1. The van der Waals surface area contributed by atoms with Crippen LogP contribution in [0.2, 0.25) is 0 Å². The fraction of sp³-hybridized carbons (Fsp3) is 0.429. The lowest BCUT2D eigenvalue weighted by atomic mass is 10.2. The van der Waals surface area contributed by atoms with Crippen molar-refractivity contribution in [1.29, 1.82) is 0 Å². The predicted octanol–water partition coefficient (Wildman–Crippen LogP) is 1.53. The van der Waals surface area contributed by atoms with Gasteiger partial charge in [0.1, 0.15) is 11.4 Å². The molecule has 0 aliphatic heterocycles. The maximum Gasteiger partial charge on any atom is 0.254 e. The van der Waals surface area contributed by atoms with Crippen LogP contribution in [0, 0.1) is 0 Å². The normalized spacial score (nSPS) is 12.1. The first-order chi connectivity index (χ1) is 10.7. The third-order valence-electron chi connectivity index (χ3n) is 3.13. The molecule has 0 spiro atoms. The molecule has 0 aromatic carbocycles. The van der Waals surface area contributed by atoms with Crippen molar-refractivity contribution in [2.45, 2.75) is 24.5 Å². The van der Waals surface area contributed by atoms with Gasteiger partial charge < -0.3 is 14.6 Å². The van der Waals surface area contributed by atoms with Crippen LogP contribution in [-0.4, -0.2) is 45.6 Å². The number of hydrogen-bond donors (Lipinski definition) is 1. The lowest BCUT2D eigenvalue weighted by Crippen LogP contribution is -2.29. The number of ether oxygens (including phenoxy) is 1. The van der Waals surface area contributed by atoms with E-state index in [0.717, 1.165) is 0 Å². The van der Waals surface area contributed by atoms with Crippen LogP contribution >= 0.6 is 11.8 Å². The van der Waals surface area contributed by atoms with Gasteiger partial charge in [-0.3, -0.25) is 4.79 Å². The molecule has 0 unspecified atom stereocenters. The number of pyridine rings is 1. The summed E-state index contributed by atoms with van der Waals surface area (Å²) in [7, 11) is 1.64. The number of hydrogen-bond acceptors (Lipinski definition) is 6. The van der Waals surface area contributed by atoms with Crippen molar-refractivity contribution >= 4 is 17.7 Å². The first kappa shape index (κ1) is 16.4. The maximum atomic E-state index is 12.4.